The molecule has 1 aromatic carbocycles. The highest BCUT2D eigenvalue weighted by atomic mass is 16.1. The van der Waals surface area contributed by atoms with Gasteiger partial charge in [-0.25, -0.2) is 0 Å². The van der Waals surface area contributed by atoms with Gasteiger partial charge in [0.2, 0.25) is 0 Å². The second-order valence-electron chi connectivity index (χ2n) is 5.23. The highest BCUT2D eigenvalue weighted by Crippen LogP contribution is 2.22. The van der Waals surface area contributed by atoms with Gasteiger partial charge in [-0.2, -0.15) is 0 Å². The number of aryl methyl sites for hydroxylation is 3. The Morgan fingerprint density at radius 3 is 1.89 bits per heavy atom. The van der Waals surface area contributed by atoms with Gasteiger partial charge in [0.25, 0.3) is 0 Å². The third-order valence-electron chi connectivity index (χ3n) is 3.82. The minimum absolute atomic E-state index is 0.352. The largest absolute Gasteiger partial charge is 0.294 e. The molecular weight excluding hydrogens is 232 g/mol. The molecule has 0 N–H and O–H groups in total. The molecule has 19 heavy (non-hydrogen) atoms. The molecule has 0 aliphatic rings. The maximum atomic E-state index is 12.5. The van der Waals surface area contributed by atoms with Crippen LogP contribution in [0, 0.1) is 0 Å². The number of hydrogen-bond acceptors (Lipinski definition) is 1. The first-order valence-corrected chi connectivity index (χ1v) is 7.85. The molecule has 106 valence electrons. The fourth-order valence-corrected chi connectivity index (χ4v) is 2.62. The van der Waals surface area contributed by atoms with E-state index in [2.05, 4.69) is 39.8 Å². The molecule has 0 saturated heterocycles. The SMILES string of the molecule is CCCCCC(=O)c1c(CC)cc(CC)cc1CC. The van der Waals surface area contributed by atoms with Gasteiger partial charge >= 0.3 is 0 Å². The molecular formula is C18H28O. The maximum Gasteiger partial charge on any atom is 0.163 e. The first-order valence-electron chi connectivity index (χ1n) is 7.85. The molecule has 1 heteroatoms. The molecule has 0 radical (unpaired) electrons. The van der Waals surface area contributed by atoms with Gasteiger partial charge in [0, 0.05) is 12.0 Å². The lowest BCUT2D eigenvalue weighted by atomic mass is 9.89. The minimum Gasteiger partial charge on any atom is -0.294 e. The van der Waals surface area contributed by atoms with Crippen LogP contribution < -0.4 is 0 Å². The van der Waals surface area contributed by atoms with Gasteiger partial charge in [-0.1, -0.05) is 52.7 Å². The Bertz CT molecular complexity index is 393. The molecule has 1 nitrogen and oxygen atoms in total. The Labute approximate surface area is 118 Å². The van der Waals surface area contributed by atoms with E-state index in [1.807, 2.05) is 0 Å². The number of benzene rings is 1. The van der Waals surface area contributed by atoms with E-state index >= 15 is 0 Å². The van der Waals surface area contributed by atoms with Crippen LogP contribution >= 0.6 is 0 Å². The first kappa shape index (κ1) is 15.9. The summed E-state index contributed by atoms with van der Waals surface area (Å²) in [7, 11) is 0. The number of unbranched alkanes of at least 4 members (excludes halogenated alkanes) is 2. The summed E-state index contributed by atoms with van der Waals surface area (Å²) in [5.74, 6) is 0.352. The van der Waals surface area contributed by atoms with Crippen LogP contribution in [0.4, 0.5) is 0 Å². The zero-order valence-electron chi connectivity index (χ0n) is 13.0. The molecule has 0 bridgehead atoms. The van der Waals surface area contributed by atoms with Crippen molar-refractivity contribution in [2.75, 3.05) is 0 Å². The van der Waals surface area contributed by atoms with Crippen LogP contribution in [-0.4, -0.2) is 5.78 Å². The smallest absolute Gasteiger partial charge is 0.163 e. The van der Waals surface area contributed by atoms with E-state index in [-0.39, 0.29) is 0 Å². The van der Waals surface area contributed by atoms with Crippen LogP contribution in [0.3, 0.4) is 0 Å². The lowest BCUT2D eigenvalue weighted by Gasteiger charge is -2.14. The van der Waals surface area contributed by atoms with Crippen LogP contribution in [0.2, 0.25) is 0 Å². The number of Topliss-reactive ketones (excluding diaryl/α,β-unsaturated/α-hetero) is 1. The van der Waals surface area contributed by atoms with Crippen LogP contribution in [0.25, 0.3) is 0 Å². The highest BCUT2D eigenvalue weighted by Gasteiger charge is 2.15. The Balaban J connectivity index is 3.05. The fraction of sp³-hybridized carbons (Fsp3) is 0.611. The van der Waals surface area contributed by atoms with Crippen molar-refractivity contribution in [1.82, 2.24) is 0 Å². The molecule has 0 unspecified atom stereocenters. The molecule has 0 fully saturated rings. The average Bonchev–Trinajstić information content (AvgIpc) is 2.45. The summed E-state index contributed by atoms with van der Waals surface area (Å²) < 4.78 is 0. The van der Waals surface area contributed by atoms with E-state index in [9.17, 15) is 4.79 Å². The second-order valence-corrected chi connectivity index (χ2v) is 5.23. The molecule has 1 rings (SSSR count). The number of ketones is 1. The van der Waals surface area contributed by atoms with Gasteiger partial charge in [0.1, 0.15) is 0 Å². The number of carbonyl (C=O) groups is 1. The normalized spacial score (nSPS) is 10.7. The Hall–Kier alpha value is -1.11. The van der Waals surface area contributed by atoms with E-state index in [1.165, 1.54) is 23.1 Å². The predicted molar refractivity (Wildman–Crippen MR) is 83.0 cm³/mol. The summed E-state index contributed by atoms with van der Waals surface area (Å²) >= 11 is 0. The molecule has 0 atom stereocenters. The summed E-state index contributed by atoms with van der Waals surface area (Å²) in [6, 6.07) is 4.46. The van der Waals surface area contributed by atoms with Crippen LogP contribution in [-0.2, 0) is 19.3 Å². The van der Waals surface area contributed by atoms with Gasteiger partial charge in [0.15, 0.2) is 5.78 Å². The van der Waals surface area contributed by atoms with Gasteiger partial charge in [-0.05, 0) is 42.4 Å². The molecule has 0 saturated carbocycles. The van der Waals surface area contributed by atoms with E-state index in [0.29, 0.717) is 12.2 Å². The predicted octanol–water partition coefficient (Wildman–Crippen LogP) is 5.14. The minimum atomic E-state index is 0.352. The second kappa shape index (κ2) is 8.14. The Morgan fingerprint density at radius 2 is 1.47 bits per heavy atom. The summed E-state index contributed by atoms with van der Waals surface area (Å²) in [5, 5.41) is 0. The first-order chi connectivity index (χ1) is 9.17. The van der Waals surface area contributed by atoms with Crippen molar-refractivity contribution >= 4 is 5.78 Å². The summed E-state index contributed by atoms with van der Waals surface area (Å²) in [6.45, 7) is 8.65. The van der Waals surface area contributed by atoms with Crippen molar-refractivity contribution in [3.8, 4) is 0 Å². The number of hydrogen-bond donors (Lipinski definition) is 0. The van der Waals surface area contributed by atoms with Gasteiger partial charge < -0.3 is 0 Å². The molecule has 0 aliphatic carbocycles. The van der Waals surface area contributed by atoms with Crippen molar-refractivity contribution in [2.45, 2.75) is 72.6 Å². The summed E-state index contributed by atoms with van der Waals surface area (Å²) in [4.78, 5) is 12.5. The van der Waals surface area contributed by atoms with Crippen molar-refractivity contribution < 1.29 is 4.79 Å². The molecule has 0 amide bonds. The van der Waals surface area contributed by atoms with Crippen molar-refractivity contribution in [2.24, 2.45) is 0 Å². The standard InChI is InChI=1S/C18H28O/c1-5-9-10-11-17(19)18-15(7-3)12-14(6-2)13-16(18)8-4/h12-13H,5-11H2,1-4H3. The van der Waals surface area contributed by atoms with Gasteiger partial charge in [0.05, 0.1) is 0 Å². The summed E-state index contributed by atoms with van der Waals surface area (Å²) in [6.07, 6.45) is 7.01. The quantitative estimate of drug-likeness (QED) is 0.467. The Kier molecular flexibility index (Phi) is 6.83. The fourth-order valence-electron chi connectivity index (χ4n) is 2.62. The van der Waals surface area contributed by atoms with Crippen LogP contribution in [0.1, 0.15) is 80.4 Å². The van der Waals surface area contributed by atoms with Crippen LogP contribution in [0.15, 0.2) is 12.1 Å². The molecule has 1 aromatic rings. The van der Waals surface area contributed by atoms with E-state index in [4.69, 9.17) is 0 Å². The van der Waals surface area contributed by atoms with E-state index < -0.39 is 0 Å². The highest BCUT2D eigenvalue weighted by molar-refractivity contribution is 5.99. The Morgan fingerprint density at radius 1 is 0.895 bits per heavy atom. The van der Waals surface area contributed by atoms with Crippen molar-refractivity contribution in [3.05, 3.63) is 34.4 Å². The zero-order chi connectivity index (χ0) is 14.3. The molecule has 0 heterocycles. The van der Waals surface area contributed by atoms with Crippen LogP contribution in [0.5, 0.6) is 0 Å². The molecule has 0 aromatic heterocycles. The third kappa shape index (κ3) is 4.19. The number of rotatable bonds is 8. The third-order valence-corrected chi connectivity index (χ3v) is 3.82. The lowest BCUT2D eigenvalue weighted by molar-refractivity contribution is 0.0977. The van der Waals surface area contributed by atoms with Crippen molar-refractivity contribution in [3.63, 3.8) is 0 Å². The average molecular weight is 260 g/mol. The maximum absolute atomic E-state index is 12.5. The van der Waals surface area contributed by atoms with Gasteiger partial charge in [-0.3, -0.25) is 4.79 Å². The van der Waals surface area contributed by atoms with E-state index in [1.54, 1.807) is 0 Å². The summed E-state index contributed by atoms with van der Waals surface area (Å²) in [5.41, 5.74) is 4.88. The molecule has 0 aliphatic heterocycles. The monoisotopic (exact) mass is 260 g/mol. The number of carbonyl (C=O) groups excluding carboxylic acids is 1. The zero-order valence-corrected chi connectivity index (χ0v) is 13.0. The topological polar surface area (TPSA) is 17.1 Å². The van der Waals surface area contributed by atoms with Crippen molar-refractivity contribution in [1.29, 1.82) is 0 Å². The molecule has 0 spiro atoms. The van der Waals surface area contributed by atoms with Gasteiger partial charge in [-0.15, -0.1) is 0 Å². The van der Waals surface area contributed by atoms with E-state index in [0.717, 1.165) is 37.7 Å². The lowest BCUT2D eigenvalue weighted by Crippen LogP contribution is -2.09.